The van der Waals surface area contributed by atoms with Crippen LogP contribution in [0, 0.1) is 0 Å². The molecule has 0 radical (unpaired) electrons. The minimum Gasteiger partial charge on any atom is -0.477 e. The normalized spacial score (nSPS) is 12.0. The molecule has 122 valence electrons. The Balaban J connectivity index is 2.05. The summed E-state index contributed by atoms with van der Waals surface area (Å²) in [7, 11) is 3.09. The van der Waals surface area contributed by atoms with Crippen LogP contribution in [0.4, 0.5) is 0 Å². The molecule has 1 amide bonds. The number of aromatic nitrogens is 1. The topological polar surface area (TPSA) is 80.6 Å². The second-order valence-corrected chi connectivity index (χ2v) is 5.39. The number of amides is 1. The molecular weight excluding hydrogens is 320 g/mol. The second-order valence-electron chi connectivity index (χ2n) is 4.95. The van der Waals surface area contributed by atoms with E-state index in [0.717, 1.165) is 5.56 Å². The lowest BCUT2D eigenvalue weighted by Crippen LogP contribution is -2.30. The molecule has 1 heterocycles. The van der Waals surface area contributed by atoms with Crippen LogP contribution >= 0.6 is 11.6 Å². The maximum atomic E-state index is 12.2. The van der Waals surface area contributed by atoms with E-state index in [2.05, 4.69) is 5.32 Å². The Bertz CT molecular complexity index is 709. The van der Waals surface area contributed by atoms with Crippen molar-refractivity contribution in [2.75, 3.05) is 13.7 Å². The summed E-state index contributed by atoms with van der Waals surface area (Å²) < 4.78 is 6.71. The number of ether oxygens (including phenoxy) is 1. The number of benzene rings is 1. The molecular formula is C16H17ClN2O4. The summed E-state index contributed by atoms with van der Waals surface area (Å²) in [4.78, 5) is 23.2. The molecule has 0 spiro atoms. The van der Waals surface area contributed by atoms with E-state index in [-0.39, 0.29) is 29.9 Å². The van der Waals surface area contributed by atoms with Gasteiger partial charge in [-0.1, -0.05) is 23.7 Å². The Labute approximate surface area is 138 Å². The van der Waals surface area contributed by atoms with Gasteiger partial charge < -0.3 is 19.7 Å². The first-order valence-electron chi connectivity index (χ1n) is 6.89. The molecule has 0 aliphatic carbocycles. The van der Waals surface area contributed by atoms with Gasteiger partial charge in [0.1, 0.15) is 11.4 Å². The highest BCUT2D eigenvalue weighted by atomic mass is 35.5. The molecule has 0 saturated carbocycles. The van der Waals surface area contributed by atoms with Gasteiger partial charge in [-0.2, -0.15) is 0 Å². The summed E-state index contributed by atoms with van der Waals surface area (Å²) in [6, 6.07) is 10.0. The van der Waals surface area contributed by atoms with Crippen molar-refractivity contribution in [2.24, 2.45) is 7.05 Å². The Hall–Kier alpha value is -2.31. The Kier molecular flexibility index (Phi) is 5.41. The van der Waals surface area contributed by atoms with E-state index >= 15 is 0 Å². The highest BCUT2D eigenvalue weighted by Gasteiger charge is 2.18. The molecule has 2 rings (SSSR count). The molecule has 1 atom stereocenters. The fourth-order valence-corrected chi connectivity index (χ4v) is 2.37. The highest BCUT2D eigenvalue weighted by Crippen LogP contribution is 2.18. The first-order chi connectivity index (χ1) is 10.9. The molecule has 2 aromatic rings. The van der Waals surface area contributed by atoms with Crippen LogP contribution in [0.1, 0.15) is 32.6 Å². The Morgan fingerprint density at radius 1 is 1.22 bits per heavy atom. The van der Waals surface area contributed by atoms with Crippen LogP contribution < -0.4 is 5.32 Å². The van der Waals surface area contributed by atoms with Crippen LogP contribution in [-0.2, 0) is 11.8 Å². The number of nitrogens with zero attached hydrogens (tertiary/aromatic N) is 1. The first kappa shape index (κ1) is 17.1. The van der Waals surface area contributed by atoms with Gasteiger partial charge >= 0.3 is 5.97 Å². The number of hydrogen-bond donors (Lipinski definition) is 2. The summed E-state index contributed by atoms with van der Waals surface area (Å²) in [6.45, 7) is 0.255. The summed E-state index contributed by atoms with van der Waals surface area (Å²) in [5.41, 5.74) is 1.21. The average Bonchev–Trinajstić information content (AvgIpc) is 2.91. The van der Waals surface area contributed by atoms with Crippen molar-refractivity contribution in [1.29, 1.82) is 0 Å². The largest absolute Gasteiger partial charge is 0.477 e. The van der Waals surface area contributed by atoms with E-state index in [1.807, 2.05) is 12.1 Å². The van der Waals surface area contributed by atoms with Crippen molar-refractivity contribution in [3.8, 4) is 0 Å². The van der Waals surface area contributed by atoms with Crippen molar-refractivity contribution in [2.45, 2.75) is 6.10 Å². The zero-order valence-electron chi connectivity index (χ0n) is 12.7. The van der Waals surface area contributed by atoms with Crippen molar-refractivity contribution < 1.29 is 19.4 Å². The number of carbonyl (C=O) groups excluding carboxylic acids is 1. The van der Waals surface area contributed by atoms with Crippen molar-refractivity contribution in [3.63, 3.8) is 0 Å². The van der Waals surface area contributed by atoms with E-state index in [1.54, 1.807) is 19.2 Å². The number of aromatic carboxylic acids is 1. The molecule has 1 aromatic carbocycles. The minimum atomic E-state index is -1.08. The fourth-order valence-electron chi connectivity index (χ4n) is 2.24. The molecule has 0 bridgehead atoms. The van der Waals surface area contributed by atoms with Crippen LogP contribution in [0.5, 0.6) is 0 Å². The molecule has 23 heavy (non-hydrogen) atoms. The van der Waals surface area contributed by atoms with Crippen molar-refractivity contribution in [3.05, 3.63) is 58.4 Å². The lowest BCUT2D eigenvalue weighted by Gasteiger charge is -2.17. The zero-order chi connectivity index (χ0) is 17.0. The predicted octanol–water partition coefficient (Wildman–Crippen LogP) is 2.49. The molecule has 1 aromatic heterocycles. The Morgan fingerprint density at radius 2 is 1.83 bits per heavy atom. The van der Waals surface area contributed by atoms with Crippen molar-refractivity contribution >= 4 is 23.5 Å². The quantitative estimate of drug-likeness (QED) is 0.849. The lowest BCUT2D eigenvalue weighted by atomic mass is 10.1. The van der Waals surface area contributed by atoms with Crippen LogP contribution in [0.25, 0.3) is 0 Å². The third kappa shape index (κ3) is 3.91. The van der Waals surface area contributed by atoms with Gasteiger partial charge in [-0.15, -0.1) is 0 Å². The maximum Gasteiger partial charge on any atom is 0.352 e. The predicted molar refractivity (Wildman–Crippen MR) is 85.9 cm³/mol. The SMILES string of the molecule is COC(CNC(=O)c1ccc(C(=O)O)n1C)c1ccc(Cl)cc1. The van der Waals surface area contributed by atoms with E-state index in [9.17, 15) is 9.59 Å². The molecule has 7 heteroatoms. The maximum absolute atomic E-state index is 12.2. The third-order valence-corrected chi connectivity index (χ3v) is 3.80. The van der Waals surface area contributed by atoms with E-state index < -0.39 is 5.97 Å². The van der Waals surface area contributed by atoms with Gasteiger partial charge in [0.25, 0.3) is 5.91 Å². The second kappa shape index (κ2) is 7.30. The lowest BCUT2D eigenvalue weighted by molar-refractivity contribution is 0.0686. The average molecular weight is 337 g/mol. The molecule has 0 aliphatic heterocycles. The number of carboxylic acid groups (broad SMARTS) is 1. The number of carboxylic acids is 1. The highest BCUT2D eigenvalue weighted by molar-refractivity contribution is 6.30. The van der Waals surface area contributed by atoms with Gasteiger partial charge in [0.2, 0.25) is 0 Å². The number of nitrogens with one attached hydrogen (secondary N) is 1. The molecule has 6 nitrogen and oxygen atoms in total. The van der Waals surface area contributed by atoms with Gasteiger partial charge in [-0.25, -0.2) is 4.79 Å². The zero-order valence-corrected chi connectivity index (χ0v) is 13.5. The van der Waals surface area contributed by atoms with Gasteiger partial charge in [-0.05, 0) is 29.8 Å². The fraction of sp³-hybridized carbons (Fsp3) is 0.250. The van der Waals surface area contributed by atoms with E-state index in [0.29, 0.717) is 5.02 Å². The van der Waals surface area contributed by atoms with Crippen LogP contribution in [0.3, 0.4) is 0 Å². The standard InChI is InChI=1S/C16H17ClN2O4/c1-19-12(7-8-13(19)16(21)22)15(20)18-9-14(23-2)10-3-5-11(17)6-4-10/h3-8,14H,9H2,1-2H3,(H,18,20)(H,21,22). The van der Waals surface area contributed by atoms with Gasteiger partial charge in [0.05, 0.1) is 6.10 Å². The number of rotatable bonds is 6. The number of halogens is 1. The smallest absolute Gasteiger partial charge is 0.352 e. The molecule has 2 N–H and O–H groups in total. The number of carbonyl (C=O) groups is 2. The summed E-state index contributed by atoms with van der Waals surface area (Å²) in [5.74, 6) is -1.45. The number of methoxy groups -OCH3 is 1. The Morgan fingerprint density at radius 3 is 2.35 bits per heavy atom. The summed E-state index contributed by atoms with van der Waals surface area (Å²) in [5, 5.41) is 12.4. The van der Waals surface area contributed by atoms with Crippen LogP contribution in [0.15, 0.2) is 36.4 Å². The number of hydrogen-bond acceptors (Lipinski definition) is 3. The van der Waals surface area contributed by atoms with Gasteiger partial charge in [0.15, 0.2) is 0 Å². The summed E-state index contributed by atoms with van der Waals surface area (Å²) in [6.07, 6.45) is -0.324. The molecule has 0 fully saturated rings. The van der Waals surface area contributed by atoms with Crippen LogP contribution in [0.2, 0.25) is 5.02 Å². The third-order valence-electron chi connectivity index (χ3n) is 3.55. The van der Waals surface area contributed by atoms with E-state index in [4.69, 9.17) is 21.4 Å². The van der Waals surface area contributed by atoms with Crippen molar-refractivity contribution in [1.82, 2.24) is 9.88 Å². The monoisotopic (exact) mass is 336 g/mol. The molecule has 0 aliphatic rings. The summed E-state index contributed by atoms with van der Waals surface area (Å²) >= 11 is 5.85. The molecule has 1 unspecified atom stereocenters. The first-order valence-corrected chi connectivity index (χ1v) is 7.27. The van der Waals surface area contributed by atoms with Gasteiger partial charge in [0, 0.05) is 25.7 Å². The minimum absolute atomic E-state index is 0.0520. The van der Waals surface area contributed by atoms with E-state index in [1.165, 1.54) is 23.7 Å². The van der Waals surface area contributed by atoms with Gasteiger partial charge in [-0.3, -0.25) is 4.79 Å². The van der Waals surface area contributed by atoms with Crippen LogP contribution in [-0.4, -0.2) is 35.2 Å². The molecule has 0 saturated heterocycles.